The number of aliphatic imine (C=N–C) groups is 1. The van der Waals surface area contributed by atoms with Gasteiger partial charge in [0.25, 0.3) is 5.84 Å². The lowest BCUT2D eigenvalue weighted by Crippen LogP contribution is -2.53. The molecule has 5 nitrogen and oxygen atoms in total. The Morgan fingerprint density at radius 1 is 1.64 bits per heavy atom. The van der Waals surface area contributed by atoms with Crippen LogP contribution in [0.3, 0.4) is 0 Å². The van der Waals surface area contributed by atoms with Crippen LogP contribution >= 0.6 is 0 Å². The number of quaternary nitrogens is 1. The molecule has 0 bridgehead atoms. The minimum Gasteiger partial charge on any atom is -0.391 e. The van der Waals surface area contributed by atoms with Crippen molar-refractivity contribution in [2.24, 2.45) is 16.6 Å². The van der Waals surface area contributed by atoms with Crippen molar-refractivity contribution in [1.29, 1.82) is 0 Å². The Hall–Kier alpha value is -1.33. The summed E-state index contributed by atoms with van der Waals surface area (Å²) in [4.78, 5) is 4.09. The summed E-state index contributed by atoms with van der Waals surface area (Å²) in [5, 5.41) is 1.51. The molecule has 2 aliphatic rings. The Labute approximate surface area is 64.4 Å². The molecule has 2 rings (SSSR count). The van der Waals surface area contributed by atoms with Gasteiger partial charge in [0.2, 0.25) is 0 Å². The molecule has 11 heavy (non-hydrogen) atoms. The maximum Gasteiger partial charge on any atom is 0.283 e. The Morgan fingerprint density at radius 3 is 3.00 bits per heavy atom. The van der Waals surface area contributed by atoms with Gasteiger partial charge in [0.15, 0.2) is 0 Å². The van der Waals surface area contributed by atoms with E-state index in [9.17, 15) is 0 Å². The lowest BCUT2D eigenvalue weighted by atomic mass is 10.4. The maximum absolute atomic E-state index is 5.66. The van der Waals surface area contributed by atoms with Gasteiger partial charge in [-0.15, -0.1) is 9.71 Å². The molecule has 2 aliphatic heterocycles. The van der Waals surface area contributed by atoms with E-state index in [4.69, 9.17) is 11.6 Å². The predicted octanol–water partition coefficient (Wildman–Crippen LogP) is -0.779. The average Bonchev–Trinajstić information content (AvgIpc) is 2.39. The summed E-state index contributed by atoms with van der Waals surface area (Å²) in [5.74, 6) is 6.45. The normalized spacial score (nSPS) is 33.8. The van der Waals surface area contributed by atoms with Gasteiger partial charge in [0, 0.05) is 0 Å². The number of amidine groups is 1. The molecule has 0 aromatic heterocycles. The fraction of sp³-hybridized carbons (Fsp3) is 0.167. The number of hydrazine groups is 1. The maximum atomic E-state index is 5.66. The second-order valence-corrected chi connectivity index (χ2v) is 2.74. The van der Waals surface area contributed by atoms with Crippen LogP contribution in [0.5, 0.6) is 0 Å². The first kappa shape index (κ1) is 6.38. The second kappa shape index (κ2) is 1.63. The fourth-order valence-corrected chi connectivity index (χ4v) is 1.26. The number of likely N-dealkylation sites (N-methyl/N-ethyl adjacent to an activating group) is 1. The molecular formula is C6H10N5+. The van der Waals surface area contributed by atoms with Gasteiger partial charge in [0.05, 0.1) is 6.20 Å². The van der Waals surface area contributed by atoms with E-state index in [1.165, 1.54) is 5.12 Å². The highest BCUT2D eigenvalue weighted by atomic mass is 15.9. The number of nitrogens with two attached hydrogens (primary N) is 2. The van der Waals surface area contributed by atoms with Crippen molar-refractivity contribution in [2.45, 2.75) is 0 Å². The fourth-order valence-electron chi connectivity index (χ4n) is 1.26. The van der Waals surface area contributed by atoms with Crippen LogP contribution in [0.1, 0.15) is 0 Å². The van der Waals surface area contributed by atoms with Crippen LogP contribution in [0.4, 0.5) is 0 Å². The molecular weight excluding hydrogens is 142 g/mol. The zero-order chi connectivity index (χ0) is 8.06. The number of fused-ring (bicyclic) bond motifs is 1. The van der Waals surface area contributed by atoms with Crippen LogP contribution in [0.15, 0.2) is 29.3 Å². The summed E-state index contributed by atoms with van der Waals surface area (Å²) >= 11 is 0. The molecule has 1 atom stereocenters. The van der Waals surface area contributed by atoms with E-state index >= 15 is 0 Å². The van der Waals surface area contributed by atoms with Gasteiger partial charge in [0.1, 0.15) is 25.1 Å². The molecule has 0 amide bonds. The Bertz CT molecular complexity index is 289. The third kappa shape index (κ3) is 0.585. The summed E-state index contributed by atoms with van der Waals surface area (Å²) < 4.78 is 0.353. The lowest BCUT2D eigenvalue weighted by molar-refractivity contribution is -0.882. The molecule has 0 saturated carbocycles. The third-order valence-corrected chi connectivity index (χ3v) is 1.99. The molecule has 0 aromatic carbocycles. The highest BCUT2D eigenvalue weighted by Gasteiger charge is 2.42. The molecule has 2 heterocycles. The summed E-state index contributed by atoms with van der Waals surface area (Å²) in [6.07, 6.45) is 5.24. The number of rotatable bonds is 0. The topological polar surface area (TPSA) is 67.6 Å². The molecule has 0 spiro atoms. The van der Waals surface area contributed by atoms with Gasteiger partial charge in [-0.3, -0.25) is 0 Å². The van der Waals surface area contributed by atoms with Crippen molar-refractivity contribution in [3.05, 3.63) is 24.3 Å². The van der Waals surface area contributed by atoms with Crippen molar-refractivity contribution >= 4 is 5.84 Å². The van der Waals surface area contributed by atoms with Gasteiger partial charge in [-0.25, -0.2) is 5.84 Å². The summed E-state index contributed by atoms with van der Waals surface area (Å²) in [5.41, 5.74) is 6.27. The van der Waals surface area contributed by atoms with Crippen LogP contribution in [0.25, 0.3) is 0 Å². The standard InChI is InChI=1S/C6H10N5/c1-11-3-2-9-6(11)5(7)4-10(11)8/h2-4H,7-8H2,1H3/q+1. The number of hydrogen-bond donors (Lipinski definition) is 2. The van der Waals surface area contributed by atoms with E-state index in [0.717, 1.165) is 5.84 Å². The van der Waals surface area contributed by atoms with Crippen molar-refractivity contribution in [3.63, 3.8) is 0 Å². The first-order valence-electron chi connectivity index (χ1n) is 3.29. The van der Waals surface area contributed by atoms with Gasteiger partial charge in [-0.2, -0.15) is 4.99 Å². The van der Waals surface area contributed by atoms with Gasteiger partial charge in [-0.05, 0) is 0 Å². The molecule has 0 saturated heterocycles. The quantitative estimate of drug-likeness (QED) is 0.353. The van der Waals surface area contributed by atoms with Gasteiger partial charge in [-0.1, -0.05) is 0 Å². The van der Waals surface area contributed by atoms with Gasteiger partial charge < -0.3 is 5.73 Å². The minimum absolute atomic E-state index is 0.353. The van der Waals surface area contributed by atoms with Crippen LogP contribution in [0.2, 0.25) is 0 Å². The second-order valence-electron chi connectivity index (χ2n) is 2.74. The molecule has 58 valence electrons. The summed E-state index contributed by atoms with van der Waals surface area (Å²) in [7, 11) is 1.92. The zero-order valence-corrected chi connectivity index (χ0v) is 6.23. The van der Waals surface area contributed by atoms with E-state index in [1.807, 2.05) is 13.2 Å². The molecule has 5 heteroatoms. The molecule has 0 aliphatic carbocycles. The highest BCUT2D eigenvalue weighted by molar-refractivity contribution is 5.94. The van der Waals surface area contributed by atoms with Crippen LogP contribution in [0, 0.1) is 0 Å². The van der Waals surface area contributed by atoms with Crippen LogP contribution in [-0.4, -0.2) is 22.6 Å². The SMILES string of the molecule is C[N+]12C=CN=C1C(N)=CN2N. The lowest BCUT2D eigenvalue weighted by Gasteiger charge is -2.27. The molecule has 0 aromatic rings. The van der Waals surface area contributed by atoms with E-state index < -0.39 is 0 Å². The Kier molecular flexibility index (Phi) is 0.948. The van der Waals surface area contributed by atoms with Crippen LogP contribution in [-0.2, 0) is 0 Å². The summed E-state index contributed by atoms with van der Waals surface area (Å²) in [6.45, 7) is 0. The van der Waals surface area contributed by atoms with Crippen molar-refractivity contribution in [2.75, 3.05) is 7.05 Å². The summed E-state index contributed by atoms with van der Waals surface area (Å²) in [6, 6.07) is 0. The third-order valence-electron chi connectivity index (χ3n) is 1.99. The predicted molar refractivity (Wildman–Crippen MR) is 41.1 cm³/mol. The average molecular weight is 152 g/mol. The highest BCUT2D eigenvalue weighted by Crippen LogP contribution is 2.24. The van der Waals surface area contributed by atoms with E-state index in [1.54, 1.807) is 12.4 Å². The molecule has 4 N–H and O–H groups in total. The van der Waals surface area contributed by atoms with Crippen LogP contribution < -0.4 is 11.6 Å². The van der Waals surface area contributed by atoms with E-state index in [0.29, 0.717) is 10.3 Å². The molecule has 0 radical (unpaired) electrons. The van der Waals surface area contributed by atoms with Crippen molar-refractivity contribution in [1.82, 2.24) is 5.12 Å². The Morgan fingerprint density at radius 2 is 2.36 bits per heavy atom. The minimum atomic E-state index is 0.353. The van der Waals surface area contributed by atoms with E-state index in [2.05, 4.69) is 4.99 Å². The monoisotopic (exact) mass is 152 g/mol. The zero-order valence-electron chi connectivity index (χ0n) is 6.23. The Balaban J connectivity index is 2.51. The molecule has 0 fully saturated rings. The van der Waals surface area contributed by atoms with Gasteiger partial charge >= 0.3 is 0 Å². The first-order chi connectivity index (χ1) is 5.14. The van der Waals surface area contributed by atoms with Crippen molar-refractivity contribution in [3.8, 4) is 0 Å². The number of nitrogens with zero attached hydrogens (tertiary/aromatic N) is 3. The van der Waals surface area contributed by atoms with Crippen molar-refractivity contribution < 1.29 is 4.59 Å². The first-order valence-corrected chi connectivity index (χ1v) is 3.29. The smallest absolute Gasteiger partial charge is 0.283 e. The largest absolute Gasteiger partial charge is 0.391 e. The molecule has 1 unspecified atom stereocenters. The number of hydrogen-bond acceptors (Lipinski definition) is 4. The van der Waals surface area contributed by atoms with E-state index in [-0.39, 0.29) is 0 Å².